The number of rotatable bonds is 4. The van der Waals surface area contributed by atoms with Crippen molar-refractivity contribution in [2.75, 3.05) is 0 Å². The molecule has 2 rings (SSSR count). The highest BCUT2D eigenvalue weighted by Gasteiger charge is 2.29. The number of nitrogens with one attached hydrogen (secondary N) is 1. The normalized spacial score (nSPS) is 16.8. The lowest BCUT2D eigenvalue weighted by Crippen LogP contribution is -2.30. The smallest absolute Gasteiger partial charge is 0.325 e. The molecule has 0 spiro atoms. The van der Waals surface area contributed by atoms with Crippen molar-refractivity contribution in [3.63, 3.8) is 0 Å². The number of hydrogen-bond acceptors (Lipinski definition) is 3. The van der Waals surface area contributed by atoms with Gasteiger partial charge in [-0.3, -0.25) is 10.1 Å². The molecule has 0 bridgehead atoms. The number of phenolic OH excluding ortho intramolecular Hbond substituents is 1. The molecule has 0 heterocycles. The molecule has 92 valence electrons. The molecule has 4 nitrogen and oxygen atoms in total. The van der Waals surface area contributed by atoms with Crippen LogP contribution < -0.4 is 5.32 Å². The van der Waals surface area contributed by atoms with Gasteiger partial charge in [0.15, 0.2) is 0 Å². The third-order valence-corrected chi connectivity index (χ3v) is 3.07. The minimum atomic E-state index is -0.874. The van der Waals surface area contributed by atoms with Crippen LogP contribution in [-0.2, 0) is 4.79 Å². The Morgan fingerprint density at radius 3 is 2.29 bits per heavy atom. The van der Waals surface area contributed by atoms with Crippen LogP contribution in [0.5, 0.6) is 5.75 Å². The molecule has 1 atom stereocenters. The van der Waals surface area contributed by atoms with Gasteiger partial charge < -0.3 is 10.2 Å². The summed E-state index contributed by atoms with van der Waals surface area (Å²) < 4.78 is 0. The van der Waals surface area contributed by atoms with Gasteiger partial charge in [0.1, 0.15) is 11.8 Å². The van der Waals surface area contributed by atoms with E-state index in [1.807, 2.05) is 0 Å². The Hall–Kier alpha value is -1.55. The number of carboxylic acids is 1. The quantitative estimate of drug-likeness (QED) is 0.745. The summed E-state index contributed by atoms with van der Waals surface area (Å²) in [4.78, 5) is 11.2. The molecule has 1 saturated carbocycles. The van der Waals surface area contributed by atoms with Crippen LogP contribution in [0.2, 0.25) is 0 Å². The summed E-state index contributed by atoms with van der Waals surface area (Å²) >= 11 is 0. The third kappa shape index (κ3) is 2.58. The van der Waals surface area contributed by atoms with Gasteiger partial charge in [-0.25, -0.2) is 0 Å². The van der Waals surface area contributed by atoms with Gasteiger partial charge in [0.25, 0.3) is 0 Å². The Balaban J connectivity index is 2.31. The van der Waals surface area contributed by atoms with Gasteiger partial charge in [-0.1, -0.05) is 12.1 Å². The second-order valence-corrected chi connectivity index (χ2v) is 4.72. The zero-order valence-electron chi connectivity index (χ0n) is 10.0. The zero-order chi connectivity index (χ0) is 12.6. The number of aryl methyl sites for hydroxylation is 2. The molecule has 4 heteroatoms. The monoisotopic (exact) mass is 235 g/mol. The Bertz CT molecular complexity index is 429. The molecule has 0 aliphatic heterocycles. The minimum Gasteiger partial charge on any atom is -0.507 e. The second-order valence-electron chi connectivity index (χ2n) is 4.72. The highest BCUT2D eigenvalue weighted by molar-refractivity contribution is 5.76. The first-order chi connectivity index (χ1) is 7.99. The molecule has 1 fully saturated rings. The van der Waals surface area contributed by atoms with Crippen molar-refractivity contribution in [2.45, 2.75) is 38.8 Å². The lowest BCUT2D eigenvalue weighted by molar-refractivity contribution is -0.139. The summed E-state index contributed by atoms with van der Waals surface area (Å²) in [5.74, 6) is -0.634. The lowest BCUT2D eigenvalue weighted by atomic mass is 10.00. The maximum atomic E-state index is 11.2. The summed E-state index contributed by atoms with van der Waals surface area (Å²) in [5.41, 5.74) is 2.13. The number of carboxylic acid groups (broad SMARTS) is 1. The topological polar surface area (TPSA) is 69.6 Å². The van der Waals surface area contributed by atoms with E-state index in [1.54, 1.807) is 26.0 Å². The first-order valence-corrected chi connectivity index (χ1v) is 5.78. The largest absolute Gasteiger partial charge is 0.507 e. The number of aliphatic carboxylic acids is 1. The highest BCUT2D eigenvalue weighted by atomic mass is 16.4. The van der Waals surface area contributed by atoms with Gasteiger partial charge in [-0.2, -0.15) is 0 Å². The summed E-state index contributed by atoms with van der Waals surface area (Å²) in [6.45, 7) is 3.56. The predicted octanol–water partition coefficient (Wildman–Crippen LogP) is 1.89. The van der Waals surface area contributed by atoms with E-state index >= 15 is 0 Å². The van der Waals surface area contributed by atoms with Crippen LogP contribution in [-0.4, -0.2) is 22.2 Å². The molecule has 1 aromatic rings. The first kappa shape index (κ1) is 11.9. The number of carbonyl (C=O) groups is 1. The average Bonchev–Trinajstić information content (AvgIpc) is 3.05. The molecule has 0 radical (unpaired) electrons. The van der Waals surface area contributed by atoms with Crippen molar-refractivity contribution in [1.82, 2.24) is 5.32 Å². The van der Waals surface area contributed by atoms with Gasteiger partial charge >= 0.3 is 5.97 Å². The molecule has 1 aromatic carbocycles. The fraction of sp³-hybridized carbons (Fsp3) is 0.462. The summed E-state index contributed by atoms with van der Waals surface area (Å²) in [5, 5.41) is 22.0. The van der Waals surface area contributed by atoms with Gasteiger partial charge in [-0.05, 0) is 43.4 Å². The van der Waals surface area contributed by atoms with E-state index < -0.39 is 12.0 Å². The molecule has 0 aromatic heterocycles. The van der Waals surface area contributed by atoms with Crippen LogP contribution in [0.1, 0.15) is 35.6 Å². The van der Waals surface area contributed by atoms with Crippen molar-refractivity contribution in [2.24, 2.45) is 0 Å². The predicted molar refractivity (Wildman–Crippen MR) is 64.1 cm³/mol. The summed E-state index contributed by atoms with van der Waals surface area (Å²) in [7, 11) is 0. The Morgan fingerprint density at radius 2 is 1.88 bits per heavy atom. The van der Waals surface area contributed by atoms with E-state index in [9.17, 15) is 15.0 Å². The van der Waals surface area contributed by atoms with Gasteiger partial charge in [0, 0.05) is 6.04 Å². The molecule has 1 unspecified atom stereocenters. The van der Waals surface area contributed by atoms with Crippen molar-refractivity contribution in [3.05, 3.63) is 28.8 Å². The van der Waals surface area contributed by atoms with Gasteiger partial charge in [0.05, 0.1) is 0 Å². The molecular formula is C13H17NO3. The van der Waals surface area contributed by atoms with Crippen molar-refractivity contribution in [3.8, 4) is 5.75 Å². The second kappa shape index (κ2) is 4.37. The van der Waals surface area contributed by atoms with E-state index in [-0.39, 0.29) is 5.75 Å². The molecule has 3 N–H and O–H groups in total. The lowest BCUT2D eigenvalue weighted by Gasteiger charge is -2.16. The third-order valence-electron chi connectivity index (χ3n) is 3.07. The molecular weight excluding hydrogens is 218 g/mol. The standard InChI is InChI=1S/C13H17NO3/c1-7-5-9(6-8(2)12(7)15)11(13(16)17)14-10-3-4-10/h5-6,10-11,14-15H,3-4H2,1-2H3,(H,16,17). The Morgan fingerprint density at radius 1 is 1.35 bits per heavy atom. The van der Waals surface area contributed by atoms with Gasteiger partial charge in [-0.15, -0.1) is 0 Å². The van der Waals surface area contributed by atoms with Crippen molar-refractivity contribution >= 4 is 5.97 Å². The van der Waals surface area contributed by atoms with Crippen molar-refractivity contribution in [1.29, 1.82) is 0 Å². The maximum Gasteiger partial charge on any atom is 0.325 e. The number of aromatic hydroxyl groups is 1. The van der Waals surface area contributed by atoms with E-state index in [0.717, 1.165) is 12.8 Å². The fourth-order valence-electron chi connectivity index (χ4n) is 1.95. The van der Waals surface area contributed by atoms with Crippen LogP contribution >= 0.6 is 0 Å². The Kier molecular flexibility index (Phi) is 3.07. The average molecular weight is 235 g/mol. The van der Waals surface area contributed by atoms with Crippen LogP contribution in [0.15, 0.2) is 12.1 Å². The van der Waals surface area contributed by atoms with Crippen LogP contribution in [0, 0.1) is 13.8 Å². The highest BCUT2D eigenvalue weighted by Crippen LogP contribution is 2.29. The summed E-state index contributed by atoms with van der Waals surface area (Å²) in [6, 6.07) is 3.11. The van der Waals surface area contributed by atoms with Crippen LogP contribution in [0.4, 0.5) is 0 Å². The minimum absolute atomic E-state index is 0.240. The molecule has 0 saturated heterocycles. The number of phenols is 1. The molecule has 0 amide bonds. The van der Waals surface area contributed by atoms with Gasteiger partial charge in [0.2, 0.25) is 0 Å². The van der Waals surface area contributed by atoms with Crippen LogP contribution in [0.3, 0.4) is 0 Å². The summed E-state index contributed by atoms with van der Waals surface area (Å²) in [6.07, 6.45) is 2.08. The van der Waals surface area contributed by atoms with Crippen molar-refractivity contribution < 1.29 is 15.0 Å². The van der Waals surface area contributed by atoms with E-state index in [0.29, 0.717) is 22.7 Å². The van der Waals surface area contributed by atoms with E-state index in [2.05, 4.69) is 5.32 Å². The Labute approximate surface area is 100 Å². The maximum absolute atomic E-state index is 11.2. The van der Waals surface area contributed by atoms with Crippen LogP contribution in [0.25, 0.3) is 0 Å². The van der Waals surface area contributed by atoms with E-state index in [4.69, 9.17) is 0 Å². The van der Waals surface area contributed by atoms with E-state index in [1.165, 1.54) is 0 Å². The molecule has 1 aliphatic carbocycles. The SMILES string of the molecule is Cc1cc(C(NC2CC2)C(=O)O)cc(C)c1O. The molecule has 1 aliphatic rings. The molecule has 17 heavy (non-hydrogen) atoms. The number of hydrogen-bond donors (Lipinski definition) is 3. The zero-order valence-corrected chi connectivity index (χ0v) is 10.0. The number of benzene rings is 1. The fourth-order valence-corrected chi connectivity index (χ4v) is 1.95. The first-order valence-electron chi connectivity index (χ1n) is 5.78.